The van der Waals surface area contributed by atoms with Crippen molar-refractivity contribution in [3.63, 3.8) is 0 Å². The summed E-state index contributed by atoms with van der Waals surface area (Å²) in [6.07, 6.45) is 8.96. The van der Waals surface area contributed by atoms with Crippen LogP contribution in [0.15, 0.2) is 91.0 Å². The molecule has 0 bridgehead atoms. The predicted octanol–water partition coefficient (Wildman–Crippen LogP) is 7.17. The van der Waals surface area contributed by atoms with Crippen molar-refractivity contribution in [1.82, 2.24) is 15.1 Å². The van der Waals surface area contributed by atoms with Crippen LogP contribution in [0, 0.1) is 5.92 Å². The third-order valence-corrected chi connectivity index (χ3v) is 13.6. The third kappa shape index (κ3) is 7.33. The Kier molecular flexibility index (Phi) is 10.0. The van der Waals surface area contributed by atoms with E-state index in [-0.39, 0.29) is 23.7 Å². The van der Waals surface area contributed by atoms with Gasteiger partial charge >= 0.3 is 0 Å². The molecule has 3 saturated heterocycles. The van der Waals surface area contributed by atoms with Crippen molar-refractivity contribution < 1.29 is 14.7 Å². The molecule has 7 heteroatoms. The number of imide groups is 1. The number of carbonyl (C=O) groups is 2. The van der Waals surface area contributed by atoms with Gasteiger partial charge in [0.05, 0.1) is 5.92 Å². The fourth-order valence-electron chi connectivity index (χ4n) is 10.5. The first-order chi connectivity index (χ1) is 26.4. The summed E-state index contributed by atoms with van der Waals surface area (Å²) in [5.74, 6) is 1.32. The lowest BCUT2D eigenvalue weighted by molar-refractivity contribution is -0.134. The molecule has 4 aromatic rings. The van der Waals surface area contributed by atoms with Gasteiger partial charge in [0.2, 0.25) is 11.8 Å². The maximum Gasteiger partial charge on any atom is 0.234 e. The minimum atomic E-state index is -0.208. The molecule has 5 aliphatic rings. The van der Waals surface area contributed by atoms with Crippen molar-refractivity contribution in [2.24, 2.45) is 5.92 Å². The van der Waals surface area contributed by atoms with Gasteiger partial charge in [-0.25, -0.2) is 0 Å². The Morgan fingerprint density at radius 1 is 0.648 bits per heavy atom. The van der Waals surface area contributed by atoms with E-state index in [4.69, 9.17) is 0 Å². The van der Waals surface area contributed by atoms with Crippen LogP contribution in [0.4, 0.5) is 5.69 Å². The molecule has 2 aliphatic carbocycles. The first kappa shape index (κ1) is 35.3. The summed E-state index contributed by atoms with van der Waals surface area (Å²) in [5, 5.41) is 12.8. The molecule has 0 saturated carbocycles. The van der Waals surface area contributed by atoms with E-state index < -0.39 is 0 Å². The highest BCUT2D eigenvalue weighted by Crippen LogP contribution is 2.47. The number of rotatable bonds is 7. The van der Waals surface area contributed by atoms with E-state index in [0.29, 0.717) is 30.6 Å². The number of hydrogen-bond acceptors (Lipinski definition) is 6. The molecular formula is C47H54N4O3. The third-order valence-electron chi connectivity index (χ3n) is 13.6. The average Bonchev–Trinajstić information content (AvgIpc) is 3.21. The van der Waals surface area contributed by atoms with Crippen LogP contribution in [-0.2, 0) is 28.9 Å². The molecule has 0 spiro atoms. The Morgan fingerprint density at radius 3 is 2.19 bits per heavy atom. The van der Waals surface area contributed by atoms with E-state index in [1.165, 1.54) is 64.9 Å². The molecule has 54 heavy (non-hydrogen) atoms. The van der Waals surface area contributed by atoms with Gasteiger partial charge in [-0.05, 0) is 126 Å². The molecule has 3 aliphatic heterocycles. The second-order valence-corrected chi connectivity index (χ2v) is 16.7. The quantitative estimate of drug-likeness (QED) is 0.197. The minimum Gasteiger partial charge on any atom is -0.508 e. The van der Waals surface area contributed by atoms with E-state index in [2.05, 4.69) is 98.9 Å². The standard InChI is InChI=1S/C47H54N4O3/c52-41-15-17-43-37(30-41)11-16-42(34-4-2-1-3-5-34)46(43)35-9-12-39(13-10-35)50-22-20-32(21-23-50)31-49-24-26-51(27-25-49)40-14-8-33-6-7-36(28-38(33)29-40)44-18-19-45(53)48-47(44)54/h1-7,9-10,12-13,15,17,28,30,32,40,42,44,46,52H,8,11,14,16,18-27,29,31H2,(H,48,53,54)/t40-,42+,44?,46-/m0/s1. The predicted molar refractivity (Wildman–Crippen MR) is 214 cm³/mol. The number of aryl methyl sites for hydroxylation is 2. The summed E-state index contributed by atoms with van der Waals surface area (Å²) >= 11 is 0. The molecule has 2 N–H and O–H groups in total. The molecule has 3 heterocycles. The maximum absolute atomic E-state index is 12.5. The van der Waals surface area contributed by atoms with Crippen LogP contribution in [0.2, 0.25) is 0 Å². The Bertz CT molecular complexity index is 1960. The van der Waals surface area contributed by atoms with Gasteiger partial charge in [0, 0.05) is 69.9 Å². The lowest BCUT2D eigenvalue weighted by Crippen LogP contribution is -2.53. The van der Waals surface area contributed by atoms with E-state index >= 15 is 0 Å². The molecule has 2 amide bonds. The van der Waals surface area contributed by atoms with Crippen LogP contribution in [-0.4, -0.2) is 78.6 Å². The summed E-state index contributed by atoms with van der Waals surface area (Å²) < 4.78 is 0. The SMILES string of the molecule is O=C1CCC(c2ccc3c(c2)C[C@@H](N2CCN(CC4CCN(c5ccc([C@@H]6c7ccc(O)cc7CC[C@@H]6c6ccccc6)cc5)CC4)CC2)CC3)C(=O)N1. The highest BCUT2D eigenvalue weighted by molar-refractivity contribution is 6.00. The minimum absolute atomic E-state index is 0.142. The van der Waals surface area contributed by atoms with Gasteiger partial charge in [0.1, 0.15) is 5.75 Å². The van der Waals surface area contributed by atoms with Gasteiger partial charge in [0.15, 0.2) is 0 Å². The number of aromatic hydroxyl groups is 1. The summed E-state index contributed by atoms with van der Waals surface area (Å²) in [6, 6.07) is 33.6. The van der Waals surface area contributed by atoms with Crippen molar-refractivity contribution >= 4 is 17.5 Å². The van der Waals surface area contributed by atoms with Crippen LogP contribution >= 0.6 is 0 Å². The highest BCUT2D eigenvalue weighted by Gasteiger charge is 2.34. The van der Waals surface area contributed by atoms with Crippen molar-refractivity contribution in [3.8, 4) is 5.75 Å². The number of phenolic OH excluding ortho intramolecular Hbond substituents is 1. The number of fused-ring (bicyclic) bond motifs is 2. The van der Waals surface area contributed by atoms with Gasteiger partial charge in [-0.3, -0.25) is 19.8 Å². The van der Waals surface area contributed by atoms with Crippen LogP contribution < -0.4 is 10.2 Å². The van der Waals surface area contributed by atoms with Crippen LogP contribution in [0.25, 0.3) is 0 Å². The number of anilines is 1. The van der Waals surface area contributed by atoms with Gasteiger partial charge in [0.25, 0.3) is 0 Å². The van der Waals surface area contributed by atoms with Crippen molar-refractivity contribution in [1.29, 1.82) is 0 Å². The maximum atomic E-state index is 12.5. The summed E-state index contributed by atoms with van der Waals surface area (Å²) in [6.45, 7) is 8.01. The molecule has 9 rings (SSSR count). The first-order valence-corrected chi connectivity index (χ1v) is 20.6. The Balaban J connectivity index is 0.771. The first-order valence-electron chi connectivity index (χ1n) is 20.6. The highest BCUT2D eigenvalue weighted by atomic mass is 16.3. The number of phenols is 1. The molecule has 3 fully saturated rings. The number of amides is 2. The van der Waals surface area contributed by atoms with Gasteiger partial charge < -0.3 is 14.9 Å². The fourth-order valence-corrected chi connectivity index (χ4v) is 10.5. The number of nitrogens with zero attached hydrogens (tertiary/aromatic N) is 3. The zero-order chi connectivity index (χ0) is 36.6. The largest absolute Gasteiger partial charge is 0.508 e. The lowest BCUT2D eigenvalue weighted by Gasteiger charge is -2.43. The number of carbonyl (C=O) groups excluding carboxylic acids is 2. The van der Waals surface area contributed by atoms with Gasteiger partial charge in [-0.1, -0.05) is 66.7 Å². The van der Waals surface area contributed by atoms with Crippen LogP contribution in [0.5, 0.6) is 5.75 Å². The zero-order valence-corrected chi connectivity index (χ0v) is 31.5. The van der Waals surface area contributed by atoms with Gasteiger partial charge in [-0.2, -0.15) is 0 Å². The second-order valence-electron chi connectivity index (χ2n) is 16.7. The molecule has 0 aromatic heterocycles. The lowest BCUT2D eigenvalue weighted by atomic mass is 9.69. The van der Waals surface area contributed by atoms with E-state index in [9.17, 15) is 14.7 Å². The molecule has 4 atom stereocenters. The van der Waals surface area contributed by atoms with E-state index in [1.807, 2.05) is 12.1 Å². The number of hydrogen-bond donors (Lipinski definition) is 2. The molecule has 0 radical (unpaired) electrons. The van der Waals surface area contributed by atoms with E-state index in [0.717, 1.165) is 76.4 Å². The van der Waals surface area contributed by atoms with Crippen molar-refractivity contribution in [3.05, 3.63) is 130 Å². The topological polar surface area (TPSA) is 76.1 Å². The fraction of sp³-hybridized carbons (Fsp3) is 0.447. The number of piperidine rings is 2. The molecule has 7 nitrogen and oxygen atoms in total. The Labute approximate surface area is 320 Å². The number of piperazine rings is 1. The summed E-state index contributed by atoms with van der Waals surface area (Å²) in [4.78, 5) is 32.2. The van der Waals surface area contributed by atoms with Crippen LogP contribution in [0.3, 0.4) is 0 Å². The normalized spacial score (nSPS) is 25.5. The smallest absolute Gasteiger partial charge is 0.234 e. The molecule has 4 aromatic carbocycles. The molecule has 1 unspecified atom stereocenters. The summed E-state index contributed by atoms with van der Waals surface area (Å²) in [7, 11) is 0. The Morgan fingerprint density at radius 2 is 1.41 bits per heavy atom. The average molecular weight is 723 g/mol. The van der Waals surface area contributed by atoms with Gasteiger partial charge in [-0.15, -0.1) is 0 Å². The second kappa shape index (κ2) is 15.3. The van der Waals surface area contributed by atoms with Crippen LogP contribution in [0.1, 0.15) is 95.2 Å². The number of nitrogens with one attached hydrogen (secondary N) is 1. The van der Waals surface area contributed by atoms with Crippen molar-refractivity contribution in [2.45, 2.75) is 81.6 Å². The molecule has 280 valence electrons. The molecular weight excluding hydrogens is 669 g/mol. The zero-order valence-electron chi connectivity index (χ0n) is 31.5. The Hall–Kier alpha value is -4.46. The summed E-state index contributed by atoms with van der Waals surface area (Å²) in [5.41, 5.74) is 10.6. The van der Waals surface area contributed by atoms with E-state index in [1.54, 1.807) is 0 Å². The number of benzene rings is 4. The van der Waals surface area contributed by atoms with Crippen molar-refractivity contribution in [2.75, 3.05) is 50.7 Å². The monoisotopic (exact) mass is 722 g/mol.